The number of nitrogens with one attached hydrogen (secondary N) is 2. The number of para-hydroxylation sites is 1. The highest BCUT2D eigenvalue weighted by atomic mass is 35.5. The van der Waals surface area contributed by atoms with Crippen molar-refractivity contribution >= 4 is 29.0 Å². The van der Waals surface area contributed by atoms with Gasteiger partial charge in [0.15, 0.2) is 11.7 Å². The third-order valence-electron chi connectivity index (χ3n) is 5.64. The van der Waals surface area contributed by atoms with Gasteiger partial charge in [0.05, 0.1) is 6.04 Å². The van der Waals surface area contributed by atoms with Crippen molar-refractivity contribution in [1.82, 2.24) is 9.78 Å². The molecule has 32 heavy (non-hydrogen) atoms. The maximum Gasteiger partial charge on any atom is 0.410 e. The van der Waals surface area contributed by atoms with Crippen molar-refractivity contribution < 1.29 is 18.0 Å². The number of benzene rings is 2. The largest absolute Gasteiger partial charge is 0.410 e. The minimum Gasteiger partial charge on any atom is -0.362 e. The molecule has 9 heteroatoms. The van der Waals surface area contributed by atoms with Crippen LogP contribution in [-0.2, 0) is 6.42 Å². The first-order valence-electron chi connectivity index (χ1n) is 10.3. The van der Waals surface area contributed by atoms with Crippen molar-refractivity contribution in [2.24, 2.45) is 0 Å². The Labute approximate surface area is 188 Å². The number of anilines is 2. The number of aromatic nitrogens is 2. The van der Waals surface area contributed by atoms with Gasteiger partial charge < -0.3 is 10.6 Å². The van der Waals surface area contributed by atoms with E-state index in [1.165, 1.54) is 0 Å². The van der Waals surface area contributed by atoms with E-state index in [0.717, 1.165) is 15.8 Å². The van der Waals surface area contributed by atoms with E-state index in [4.69, 9.17) is 11.6 Å². The van der Waals surface area contributed by atoms with Gasteiger partial charge in [-0.1, -0.05) is 66.6 Å². The van der Waals surface area contributed by atoms with E-state index >= 15 is 0 Å². The lowest BCUT2D eigenvalue weighted by Gasteiger charge is -2.33. The minimum atomic E-state index is -4.56. The number of amides is 1. The van der Waals surface area contributed by atoms with Gasteiger partial charge in [-0.15, -0.1) is 0 Å². The smallest absolute Gasteiger partial charge is 0.362 e. The van der Waals surface area contributed by atoms with Crippen molar-refractivity contribution in [3.63, 3.8) is 0 Å². The predicted molar refractivity (Wildman–Crippen MR) is 118 cm³/mol. The number of alkyl halides is 3. The van der Waals surface area contributed by atoms with Crippen LogP contribution >= 0.6 is 11.6 Å². The number of fused-ring (bicyclic) bond motifs is 1. The minimum absolute atomic E-state index is 0.0141. The van der Waals surface area contributed by atoms with Gasteiger partial charge in [0.1, 0.15) is 10.8 Å². The van der Waals surface area contributed by atoms with Crippen LogP contribution in [0.4, 0.5) is 24.7 Å². The van der Waals surface area contributed by atoms with Crippen LogP contribution in [0.15, 0.2) is 48.5 Å². The fourth-order valence-corrected chi connectivity index (χ4v) is 4.15. The molecule has 5 nitrogen and oxygen atoms in total. The van der Waals surface area contributed by atoms with Crippen LogP contribution in [0.25, 0.3) is 0 Å². The summed E-state index contributed by atoms with van der Waals surface area (Å²) in [6.45, 7) is 3.85. The quantitative estimate of drug-likeness (QED) is 0.477. The summed E-state index contributed by atoms with van der Waals surface area (Å²) >= 11 is 6.40. The third-order valence-corrected chi connectivity index (χ3v) is 5.99. The maximum atomic E-state index is 13.9. The van der Waals surface area contributed by atoms with Crippen LogP contribution in [0.2, 0.25) is 5.02 Å². The van der Waals surface area contributed by atoms with Crippen molar-refractivity contribution in [2.45, 2.75) is 44.9 Å². The monoisotopic (exact) mass is 462 g/mol. The van der Waals surface area contributed by atoms with E-state index in [2.05, 4.69) is 15.7 Å². The van der Waals surface area contributed by atoms with Gasteiger partial charge in [-0.05, 0) is 30.5 Å². The second-order valence-electron chi connectivity index (χ2n) is 7.82. The Balaban J connectivity index is 1.70. The number of carbonyl (C=O) groups is 1. The number of halogens is 4. The van der Waals surface area contributed by atoms with Gasteiger partial charge in [0, 0.05) is 12.1 Å². The Hall–Kier alpha value is -3.00. The molecule has 1 aliphatic heterocycles. The average molecular weight is 463 g/mol. The SMILES string of the molecule is CCc1ccccc1NC(=O)c1nn2c(c1Cl)N[C@@H](c1ccc(C)cc1)C[C@@H]2C(F)(F)F. The molecular formula is C23H22ClF3N4O. The van der Waals surface area contributed by atoms with Crippen LogP contribution < -0.4 is 10.6 Å². The molecule has 4 rings (SSSR count). The summed E-state index contributed by atoms with van der Waals surface area (Å²) in [5, 5.41) is 9.62. The van der Waals surface area contributed by atoms with Gasteiger partial charge in [-0.25, -0.2) is 4.68 Å². The molecule has 0 aliphatic carbocycles. The lowest BCUT2D eigenvalue weighted by Crippen LogP contribution is -2.35. The third kappa shape index (κ3) is 4.19. The molecule has 2 N–H and O–H groups in total. The lowest BCUT2D eigenvalue weighted by molar-refractivity contribution is -0.173. The van der Waals surface area contributed by atoms with Crippen LogP contribution in [0.5, 0.6) is 0 Å². The number of nitrogens with zero attached hydrogens (tertiary/aromatic N) is 2. The fourth-order valence-electron chi connectivity index (χ4n) is 3.88. The van der Waals surface area contributed by atoms with Gasteiger partial charge in [-0.2, -0.15) is 18.3 Å². The number of rotatable bonds is 4. The molecule has 0 saturated heterocycles. The highest BCUT2D eigenvalue weighted by molar-refractivity contribution is 6.36. The fraction of sp³-hybridized carbons (Fsp3) is 0.304. The van der Waals surface area contributed by atoms with Crippen molar-refractivity contribution in [1.29, 1.82) is 0 Å². The summed E-state index contributed by atoms with van der Waals surface area (Å²) in [5.41, 5.74) is 2.92. The molecular weight excluding hydrogens is 441 g/mol. The summed E-state index contributed by atoms with van der Waals surface area (Å²) < 4.78 is 42.6. The van der Waals surface area contributed by atoms with Crippen LogP contribution in [0.1, 0.15) is 52.6 Å². The van der Waals surface area contributed by atoms with E-state index in [1.54, 1.807) is 24.3 Å². The Kier molecular flexibility index (Phi) is 5.90. The Morgan fingerprint density at radius 2 is 1.91 bits per heavy atom. The first-order valence-corrected chi connectivity index (χ1v) is 10.6. The predicted octanol–water partition coefficient (Wildman–Crippen LogP) is 6.32. The van der Waals surface area contributed by atoms with Gasteiger partial charge in [-0.3, -0.25) is 4.79 Å². The standard InChI is InChI=1S/C23H22ClF3N4O/c1-3-14-6-4-5-7-16(14)29-22(32)20-19(24)21-28-17(15-10-8-13(2)9-11-15)12-18(23(25,26)27)31(21)30-20/h4-11,17-18,28H,3,12H2,1-2H3,(H,29,32)/t17-,18-/m1/s1. The zero-order valence-electron chi connectivity index (χ0n) is 17.5. The molecule has 168 valence electrons. The van der Waals surface area contributed by atoms with Crippen molar-refractivity contribution in [3.05, 3.63) is 75.9 Å². The van der Waals surface area contributed by atoms with Crippen molar-refractivity contribution in [3.8, 4) is 0 Å². The molecule has 0 unspecified atom stereocenters. The molecule has 0 bridgehead atoms. The molecule has 1 aliphatic rings. The summed E-state index contributed by atoms with van der Waals surface area (Å²) in [4.78, 5) is 12.9. The molecule has 2 atom stereocenters. The summed E-state index contributed by atoms with van der Waals surface area (Å²) in [6, 6.07) is 11.9. The summed E-state index contributed by atoms with van der Waals surface area (Å²) in [6.07, 6.45) is -4.14. The molecule has 0 radical (unpaired) electrons. The van der Waals surface area contributed by atoms with Gasteiger partial charge in [0.2, 0.25) is 0 Å². The molecule has 0 saturated carbocycles. The van der Waals surface area contributed by atoms with Crippen molar-refractivity contribution in [2.75, 3.05) is 10.6 Å². The molecule has 1 aromatic heterocycles. The first-order chi connectivity index (χ1) is 15.2. The van der Waals surface area contributed by atoms with E-state index in [0.29, 0.717) is 17.7 Å². The first kappa shape index (κ1) is 22.2. The Morgan fingerprint density at radius 1 is 1.22 bits per heavy atom. The molecule has 2 aromatic carbocycles. The van der Waals surface area contributed by atoms with Crippen LogP contribution in [-0.4, -0.2) is 21.9 Å². The number of hydrogen-bond acceptors (Lipinski definition) is 3. The van der Waals surface area contributed by atoms with Crippen LogP contribution in [0, 0.1) is 6.92 Å². The molecule has 0 fully saturated rings. The maximum absolute atomic E-state index is 13.9. The summed E-state index contributed by atoms with van der Waals surface area (Å²) in [7, 11) is 0. The van der Waals surface area contributed by atoms with E-state index in [-0.39, 0.29) is 23.0 Å². The number of carbonyl (C=O) groups excluding carboxylic acids is 1. The lowest BCUT2D eigenvalue weighted by atomic mass is 9.96. The topological polar surface area (TPSA) is 59.0 Å². The highest BCUT2D eigenvalue weighted by Gasteiger charge is 2.47. The molecule has 0 spiro atoms. The summed E-state index contributed by atoms with van der Waals surface area (Å²) in [5.74, 6) is -0.674. The molecule has 3 aromatic rings. The average Bonchev–Trinajstić information content (AvgIpc) is 3.10. The molecule has 1 amide bonds. The van der Waals surface area contributed by atoms with Gasteiger partial charge >= 0.3 is 6.18 Å². The normalized spacial score (nSPS) is 18.1. The van der Waals surface area contributed by atoms with Gasteiger partial charge in [0.25, 0.3) is 5.91 Å². The Morgan fingerprint density at radius 3 is 2.56 bits per heavy atom. The zero-order valence-corrected chi connectivity index (χ0v) is 18.3. The second-order valence-corrected chi connectivity index (χ2v) is 8.20. The Bertz CT molecular complexity index is 1140. The van der Waals surface area contributed by atoms with Crippen LogP contribution in [0.3, 0.4) is 0 Å². The second kappa shape index (κ2) is 8.50. The number of hydrogen-bond donors (Lipinski definition) is 2. The molecule has 2 heterocycles. The zero-order chi connectivity index (χ0) is 23.0. The van der Waals surface area contributed by atoms with E-state index in [9.17, 15) is 18.0 Å². The van der Waals surface area contributed by atoms with E-state index < -0.39 is 24.2 Å². The number of aryl methyl sites for hydroxylation is 2. The van der Waals surface area contributed by atoms with E-state index in [1.807, 2.05) is 38.1 Å². The highest BCUT2D eigenvalue weighted by Crippen LogP contribution is 2.46.